The van der Waals surface area contributed by atoms with Gasteiger partial charge < -0.3 is 61.7 Å². The number of aliphatic hydroxyl groups excluding tert-OH is 10. The highest BCUT2D eigenvalue weighted by atomic mass is 33.1. The van der Waals surface area contributed by atoms with E-state index in [4.69, 9.17) is 10.2 Å². The molecule has 0 fully saturated rings. The normalized spacial score (nSPS) is 19.2. The third-order valence-electron chi connectivity index (χ3n) is 4.10. The average molecular weight is 509 g/mol. The molecule has 0 rings (SSSR count). The number of hydrogen-bond donors (Lipinski definition) is 12. The van der Waals surface area contributed by atoms with Crippen LogP contribution in [0, 0.1) is 0 Å². The Labute approximate surface area is 191 Å². The number of rotatable bonds is 17. The summed E-state index contributed by atoms with van der Waals surface area (Å²) >= 11 is 0. The Hall–Kier alpha value is -0.760. The quantitative estimate of drug-likeness (QED) is 0.0644. The first-order valence-corrected chi connectivity index (χ1v) is 11.9. The number of carbonyl (C=O) groups is 2. The van der Waals surface area contributed by atoms with Crippen molar-refractivity contribution < 1.29 is 60.7 Å². The summed E-state index contributed by atoms with van der Waals surface area (Å²) < 4.78 is 0. The Morgan fingerprint density at radius 3 is 1.19 bits per heavy atom. The van der Waals surface area contributed by atoms with Gasteiger partial charge in [0, 0.05) is 24.6 Å². The first kappa shape index (κ1) is 31.2. The molecule has 0 heterocycles. The van der Waals surface area contributed by atoms with Crippen LogP contribution in [0.5, 0.6) is 0 Å². The van der Waals surface area contributed by atoms with Gasteiger partial charge in [0.25, 0.3) is 11.8 Å². The van der Waals surface area contributed by atoms with E-state index in [0.29, 0.717) is 11.5 Å². The van der Waals surface area contributed by atoms with Gasteiger partial charge in [-0.15, -0.1) is 0 Å². The summed E-state index contributed by atoms with van der Waals surface area (Å²) in [7, 11) is 2.56. The molecule has 0 bridgehead atoms. The van der Waals surface area contributed by atoms with Gasteiger partial charge >= 0.3 is 0 Å². The van der Waals surface area contributed by atoms with E-state index in [9.17, 15) is 50.4 Å². The molecule has 0 aliphatic rings. The van der Waals surface area contributed by atoms with E-state index in [1.807, 2.05) is 0 Å². The van der Waals surface area contributed by atoms with Gasteiger partial charge in [-0.1, -0.05) is 21.6 Å². The fourth-order valence-electron chi connectivity index (χ4n) is 2.11. The van der Waals surface area contributed by atoms with Crippen molar-refractivity contribution >= 4 is 33.4 Å². The van der Waals surface area contributed by atoms with E-state index < -0.39 is 73.9 Å². The van der Waals surface area contributed by atoms with Gasteiger partial charge in [0.15, 0.2) is 12.2 Å². The minimum absolute atomic E-state index is 0.0846. The maximum absolute atomic E-state index is 11.7. The fraction of sp³-hybridized carbons (Fsp3) is 0.875. The Morgan fingerprint density at radius 1 is 0.594 bits per heavy atom. The minimum atomic E-state index is -2.02. The topological polar surface area (TPSA) is 260 Å². The highest BCUT2D eigenvalue weighted by molar-refractivity contribution is 8.76. The number of hydrogen-bond acceptors (Lipinski definition) is 14. The molecule has 0 spiro atoms. The van der Waals surface area contributed by atoms with Crippen LogP contribution in [0.15, 0.2) is 0 Å². The number of carbonyl (C=O) groups excluding carboxylic acids is 2. The molecule has 0 aromatic rings. The largest absolute Gasteiger partial charge is 0.394 e. The third kappa shape index (κ3) is 10.9. The maximum Gasteiger partial charge on any atom is 0.251 e. The van der Waals surface area contributed by atoms with Crippen LogP contribution in [0.3, 0.4) is 0 Å². The van der Waals surface area contributed by atoms with Crippen LogP contribution in [0.1, 0.15) is 0 Å². The lowest BCUT2D eigenvalue weighted by atomic mass is 10.0. The zero-order valence-corrected chi connectivity index (χ0v) is 18.6. The Kier molecular flexibility index (Phi) is 16.4. The van der Waals surface area contributed by atoms with Gasteiger partial charge in [-0.2, -0.15) is 0 Å². The predicted molar refractivity (Wildman–Crippen MR) is 113 cm³/mol. The van der Waals surface area contributed by atoms with E-state index >= 15 is 0 Å². The summed E-state index contributed by atoms with van der Waals surface area (Å²) in [4.78, 5) is 23.4. The van der Waals surface area contributed by atoms with Crippen LogP contribution < -0.4 is 10.6 Å². The number of amides is 2. The second kappa shape index (κ2) is 16.8. The Bertz CT molecular complexity index is 503. The molecule has 14 nitrogen and oxygen atoms in total. The molecule has 0 aliphatic heterocycles. The second-order valence-electron chi connectivity index (χ2n) is 6.58. The van der Waals surface area contributed by atoms with Crippen LogP contribution in [0.2, 0.25) is 0 Å². The standard InChI is InChI=1S/C16H32N2O12S2/c19-5-7(21)9(23)11(25)13(27)15(29)17-1-3-31-32-4-2-18-16(30)14(28)12(26)10(24)8(22)6-20/h7-14,19-28H,1-6H2,(H,17,29)(H,18,30)/t7-,8-,9+,10+,11+,12+,13+,14+/m0/s1. The van der Waals surface area contributed by atoms with Crippen molar-refractivity contribution in [3.05, 3.63) is 0 Å². The molecule has 0 unspecified atom stereocenters. The SMILES string of the molecule is O=C(NCCSSCCNC(=O)[C@H](O)[C@H](O)[C@H](O)[C@@H](O)CO)[C@H](O)[C@H](O)[C@H](O)[C@@H](O)CO. The van der Waals surface area contributed by atoms with Gasteiger partial charge in [0.1, 0.15) is 36.6 Å². The van der Waals surface area contributed by atoms with Gasteiger partial charge in [0.05, 0.1) is 13.2 Å². The summed E-state index contributed by atoms with van der Waals surface area (Å²) in [6.07, 6.45) is -15.3. The second-order valence-corrected chi connectivity index (χ2v) is 9.28. The van der Waals surface area contributed by atoms with E-state index in [1.54, 1.807) is 0 Å². The van der Waals surface area contributed by atoms with Crippen molar-refractivity contribution in [2.24, 2.45) is 0 Å². The zero-order chi connectivity index (χ0) is 24.8. The van der Waals surface area contributed by atoms with Crippen LogP contribution >= 0.6 is 21.6 Å². The highest BCUT2D eigenvalue weighted by Crippen LogP contribution is 2.19. The molecule has 190 valence electrons. The van der Waals surface area contributed by atoms with Gasteiger partial charge in [-0.05, 0) is 0 Å². The lowest BCUT2D eigenvalue weighted by Gasteiger charge is -2.25. The number of nitrogens with one attached hydrogen (secondary N) is 2. The van der Waals surface area contributed by atoms with Crippen molar-refractivity contribution in [1.82, 2.24) is 10.6 Å². The summed E-state index contributed by atoms with van der Waals surface area (Å²) in [6, 6.07) is 0. The van der Waals surface area contributed by atoms with Crippen LogP contribution in [0.25, 0.3) is 0 Å². The molecule has 0 saturated heterocycles. The first-order chi connectivity index (χ1) is 15.0. The number of aliphatic hydroxyl groups is 10. The monoisotopic (exact) mass is 508 g/mol. The Balaban J connectivity index is 4.00. The highest BCUT2D eigenvalue weighted by Gasteiger charge is 2.34. The molecule has 32 heavy (non-hydrogen) atoms. The van der Waals surface area contributed by atoms with Crippen molar-refractivity contribution in [3.8, 4) is 0 Å². The summed E-state index contributed by atoms with van der Waals surface area (Å²) in [5, 5.41) is 97.8. The maximum atomic E-state index is 11.7. The van der Waals surface area contributed by atoms with Crippen molar-refractivity contribution in [1.29, 1.82) is 0 Å². The lowest BCUT2D eigenvalue weighted by Crippen LogP contribution is -2.51. The van der Waals surface area contributed by atoms with Crippen LogP contribution in [0.4, 0.5) is 0 Å². The van der Waals surface area contributed by atoms with Crippen molar-refractivity contribution in [3.63, 3.8) is 0 Å². The van der Waals surface area contributed by atoms with E-state index in [2.05, 4.69) is 10.6 Å². The molecule has 16 heteroatoms. The molecular weight excluding hydrogens is 476 g/mol. The van der Waals surface area contributed by atoms with Gasteiger partial charge in [-0.3, -0.25) is 9.59 Å². The minimum Gasteiger partial charge on any atom is -0.394 e. The smallest absolute Gasteiger partial charge is 0.251 e. The lowest BCUT2D eigenvalue weighted by molar-refractivity contribution is -0.149. The molecule has 0 aromatic heterocycles. The third-order valence-corrected chi connectivity index (χ3v) is 6.51. The molecule has 0 aliphatic carbocycles. The molecular formula is C16H32N2O12S2. The predicted octanol–water partition coefficient (Wildman–Crippen LogP) is -6.53. The Morgan fingerprint density at radius 2 is 0.906 bits per heavy atom. The van der Waals surface area contributed by atoms with Crippen molar-refractivity contribution in [2.75, 3.05) is 37.8 Å². The zero-order valence-electron chi connectivity index (χ0n) is 17.0. The molecule has 0 saturated carbocycles. The molecule has 0 aromatic carbocycles. The van der Waals surface area contributed by atoms with E-state index in [1.165, 1.54) is 21.6 Å². The van der Waals surface area contributed by atoms with E-state index in [0.717, 1.165) is 0 Å². The molecule has 0 radical (unpaired) electrons. The van der Waals surface area contributed by atoms with E-state index in [-0.39, 0.29) is 13.1 Å². The van der Waals surface area contributed by atoms with Gasteiger partial charge in [-0.25, -0.2) is 0 Å². The average Bonchev–Trinajstić information content (AvgIpc) is 2.80. The van der Waals surface area contributed by atoms with Crippen molar-refractivity contribution in [2.45, 2.75) is 48.8 Å². The van der Waals surface area contributed by atoms with Gasteiger partial charge in [0.2, 0.25) is 0 Å². The summed E-state index contributed by atoms with van der Waals surface area (Å²) in [5.74, 6) is -1.25. The summed E-state index contributed by atoms with van der Waals surface area (Å²) in [6.45, 7) is -1.56. The molecule has 8 atom stereocenters. The molecule has 2 amide bonds. The fourth-order valence-corrected chi connectivity index (χ4v) is 3.93. The van der Waals surface area contributed by atoms with Crippen LogP contribution in [-0.4, -0.2) is 150 Å². The first-order valence-electron chi connectivity index (χ1n) is 9.45. The summed E-state index contributed by atoms with van der Waals surface area (Å²) in [5.41, 5.74) is 0. The van der Waals surface area contributed by atoms with Crippen LogP contribution in [-0.2, 0) is 9.59 Å². The molecule has 12 N–H and O–H groups in total.